The first kappa shape index (κ1) is 19.4. The molecule has 0 aromatic heterocycles. The summed E-state index contributed by atoms with van der Waals surface area (Å²) in [5.74, 6) is -6.43. The first-order valence-electron chi connectivity index (χ1n) is 5.17. The average molecular weight is 468 g/mol. The minimum absolute atomic E-state index is 0.294. The summed E-state index contributed by atoms with van der Waals surface area (Å²) in [5.41, 5.74) is 0. The third-order valence-corrected chi connectivity index (χ3v) is 9.19. The van der Waals surface area contributed by atoms with E-state index in [4.69, 9.17) is 0 Å². The fourth-order valence-corrected chi connectivity index (χ4v) is 7.54. The Balaban J connectivity index is 3.44. The van der Waals surface area contributed by atoms with E-state index in [1.165, 1.54) is 6.07 Å². The molecule has 0 heterocycles. The molecule has 22 heavy (non-hydrogen) atoms. The van der Waals surface area contributed by atoms with Gasteiger partial charge in [-0.25, -0.2) is 0 Å². The molecule has 0 saturated carbocycles. The van der Waals surface area contributed by atoms with Crippen LogP contribution in [0.2, 0.25) is 0 Å². The van der Waals surface area contributed by atoms with Gasteiger partial charge in [0.1, 0.15) is 0 Å². The van der Waals surface area contributed by atoms with Crippen LogP contribution in [0.25, 0.3) is 0 Å². The van der Waals surface area contributed by atoms with Gasteiger partial charge >= 0.3 is 128 Å². The Hall–Kier alpha value is -0.630. The first-order chi connectivity index (χ1) is 9.70. The fourth-order valence-electron chi connectivity index (χ4n) is 1.12. The van der Waals surface area contributed by atoms with Crippen molar-refractivity contribution in [1.29, 1.82) is 0 Å². The molecule has 0 fully saturated rings. The van der Waals surface area contributed by atoms with Crippen molar-refractivity contribution in [1.82, 2.24) is 0 Å². The van der Waals surface area contributed by atoms with Gasteiger partial charge in [0.05, 0.1) is 0 Å². The van der Waals surface area contributed by atoms with Gasteiger partial charge in [0, 0.05) is 0 Å². The zero-order valence-electron chi connectivity index (χ0n) is 10.5. The molecule has 3 nitrogen and oxygen atoms in total. The van der Waals surface area contributed by atoms with Gasteiger partial charge in [-0.05, 0) is 0 Å². The number of rotatable bonds is 5. The Kier molecular flexibility index (Phi) is 5.39. The second kappa shape index (κ2) is 6.11. The van der Waals surface area contributed by atoms with Crippen LogP contribution in [-0.4, -0.2) is 30.7 Å². The standard InChI is InChI=1S/C10H8F7IO3S/c1-22(19,20)21-18(7-5-3-2-4-6-7)10(16,17)8(11,12)9(13,14)15/h2-6H,1H3. The van der Waals surface area contributed by atoms with Gasteiger partial charge < -0.3 is 0 Å². The topological polar surface area (TPSA) is 43.4 Å². The van der Waals surface area contributed by atoms with Crippen LogP contribution in [0.4, 0.5) is 30.7 Å². The summed E-state index contributed by atoms with van der Waals surface area (Å²) in [4.78, 5) is 0. The third kappa shape index (κ3) is 4.01. The summed E-state index contributed by atoms with van der Waals surface area (Å²) in [5, 5.41) is 0. The molecule has 128 valence electrons. The summed E-state index contributed by atoms with van der Waals surface area (Å²) < 4.78 is 110. The van der Waals surface area contributed by atoms with Crippen LogP contribution in [-0.2, 0) is 12.6 Å². The maximum atomic E-state index is 13.8. The van der Waals surface area contributed by atoms with E-state index in [9.17, 15) is 39.2 Å². The predicted molar refractivity (Wildman–Crippen MR) is 71.0 cm³/mol. The minimum atomic E-state index is -6.55. The quantitative estimate of drug-likeness (QED) is 0.373. The van der Waals surface area contributed by atoms with Crippen molar-refractivity contribution in [3.63, 3.8) is 0 Å². The Labute approximate surface area is 128 Å². The Morgan fingerprint density at radius 1 is 0.955 bits per heavy atom. The molecule has 0 aliphatic heterocycles. The molecule has 1 aromatic rings. The molecule has 1 aromatic carbocycles. The number of hydrogen-bond acceptors (Lipinski definition) is 3. The van der Waals surface area contributed by atoms with Crippen molar-refractivity contribution in [3.05, 3.63) is 33.9 Å². The predicted octanol–water partition coefficient (Wildman–Crippen LogP) is 4.04. The second-order valence-electron chi connectivity index (χ2n) is 3.88. The second-order valence-corrected chi connectivity index (χ2v) is 10.5. The number of benzene rings is 1. The van der Waals surface area contributed by atoms with E-state index in [0.717, 1.165) is 24.3 Å². The Bertz CT molecular complexity index is 615. The summed E-state index contributed by atoms with van der Waals surface area (Å²) in [6.07, 6.45) is -6.26. The Morgan fingerprint density at radius 2 is 1.41 bits per heavy atom. The summed E-state index contributed by atoms with van der Waals surface area (Å²) in [6.45, 7) is 0. The van der Waals surface area contributed by atoms with Gasteiger partial charge in [0.2, 0.25) is 0 Å². The molecule has 0 spiro atoms. The molecule has 0 N–H and O–H groups in total. The first-order valence-corrected chi connectivity index (χ1v) is 10.0. The number of alkyl halides is 8. The van der Waals surface area contributed by atoms with Crippen molar-refractivity contribution in [2.45, 2.75) is 16.0 Å². The van der Waals surface area contributed by atoms with Gasteiger partial charge in [0.15, 0.2) is 0 Å². The van der Waals surface area contributed by atoms with Crippen LogP contribution in [0.15, 0.2) is 30.3 Å². The molecule has 0 bridgehead atoms. The van der Waals surface area contributed by atoms with Crippen LogP contribution in [0.5, 0.6) is 0 Å². The summed E-state index contributed by atoms with van der Waals surface area (Å²) >= 11 is -5.26. The molecular formula is C10H8F7IO3S. The average Bonchev–Trinajstić information content (AvgIpc) is 2.34. The normalized spacial score (nSPS) is 14.8. The van der Waals surface area contributed by atoms with Crippen molar-refractivity contribution in [2.75, 3.05) is 6.26 Å². The Morgan fingerprint density at radius 3 is 1.77 bits per heavy atom. The van der Waals surface area contributed by atoms with Crippen LogP contribution < -0.4 is 0 Å². The van der Waals surface area contributed by atoms with Gasteiger partial charge in [-0.1, -0.05) is 0 Å². The van der Waals surface area contributed by atoms with Crippen LogP contribution in [0.1, 0.15) is 0 Å². The van der Waals surface area contributed by atoms with E-state index >= 15 is 0 Å². The summed E-state index contributed by atoms with van der Waals surface area (Å²) in [7, 11) is -4.67. The van der Waals surface area contributed by atoms with Gasteiger partial charge in [-0.15, -0.1) is 0 Å². The molecular weight excluding hydrogens is 460 g/mol. The number of hydrogen-bond donors (Lipinski definition) is 0. The summed E-state index contributed by atoms with van der Waals surface area (Å²) in [6, 6.07) is 5.10. The molecule has 0 unspecified atom stereocenters. The van der Waals surface area contributed by atoms with Gasteiger partial charge in [-0.2, -0.15) is 0 Å². The van der Waals surface area contributed by atoms with E-state index in [2.05, 4.69) is 2.51 Å². The van der Waals surface area contributed by atoms with E-state index in [1.807, 2.05) is 0 Å². The zero-order chi connectivity index (χ0) is 17.4. The van der Waals surface area contributed by atoms with E-state index in [-0.39, 0.29) is 0 Å². The van der Waals surface area contributed by atoms with Crippen LogP contribution >= 0.6 is 20.2 Å². The van der Waals surface area contributed by atoms with Gasteiger partial charge in [-0.3, -0.25) is 0 Å². The molecule has 0 saturated heterocycles. The number of halogens is 8. The van der Waals surface area contributed by atoms with Crippen molar-refractivity contribution in [2.24, 2.45) is 0 Å². The monoisotopic (exact) mass is 468 g/mol. The molecule has 0 radical (unpaired) electrons. The molecule has 0 atom stereocenters. The molecule has 0 amide bonds. The fraction of sp³-hybridized carbons (Fsp3) is 0.400. The van der Waals surface area contributed by atoms with E-state index in [1.54, 1.807) is 0 Å². The third-order valence-electron chi connectivity index (χ3n) is 2.04. The van der Waals surface area contributed by atoms with E-state index in [0.29, 0.717) is 6.26 Å². The maximum absolute atomic E-state index is 13.8. The van der Waals surface area contributed by atoms with Crippen molar-refractivity contribution < 1.29 is 41.7 Å². The molecule has 0 aliphatic carbocycles. The van der Waals surface area contributed by atoms with Crippen molar-refractivity contribution >= 4 is 30.4 Å². The van der Waals surface area contributed by atoms with Gasteiger partial charge in [0.25, 0.3) is 0 Å². The molecule has 1 rings (SSSR count). The van der Waals surface area contributed by atoms with Crippen LogP contribution in [0.3, 0.4) is 0 Å². The van der Waals surface area contributed by atoms with Crippen molar-refractivity contribution in [3.8, 4) is 0 Å². The SMILES string of the molecule is CS(=O)(=O)OI(c1ccccc1)C(F)(F)C(F)(F)C(F)(F)F. The van der Waals surface area contributed by atoms with Crippen LogP contribution in [0, 0.1) is 3.57 Å². The molecule has 12 heteroatoms. The zero-order valence-corrected chi connectivity index (χ0v) is 13.5. The van der Waals surface area contributed by atoms with E-state index < -0.39 is 50.0 Å². The molecule has 0 aliphatic rings.